The molecule has 36 heavy (non-hydrogen) atoms. The van der Waals surface area contributed by atoms with Crippen LogP contribution in [0.3, 0.4) is 0 Å². The Kier molecular flexibility index (Phi) is 6.35. The monoisotopic (exact) mass is 514 g/mol. The zero-order valence-corrected chi connectivity index (χ0v) is 22.1. The molecule has 0 spiro atoms. The van der Waals surface area contributed by atoms with Crippen molar-refractivity contribution in [1.82, 2.24) is 15.1 Å². The highest BCUT2D eigenvalue weighted by atomic mass is 35.5. The largest absolute Gasteiger partial charge is 0.393 e. The van der Waals surface area contributed by atoms with Crippen molar-refractivity contribution in [3.63, 3.8) is 0 Å². The molecule has 2 aliphatic heterocycles. The average Bonchev–Trinajstić information content (AvgIpc) is 2.88. The van der Waals surface area contributed by atoms with Gasteiger partial charge in [0.1, 0.15) is 0 Å². The summed E-state index contributed by atoms with van der Waals surface area (Å²) in [6.45, 7) is 6.39. The Bertz CT molecular complexity index is 1010. The summed E-state index contributed by atoms with van der Waals surface area (Å²) in [5.41, 5.74) is 2.05. The van der Waals surface area contributed by atoms with Crippen LogP contribution in [0.4, 0.5) is 10.5 Å². The van der Waals surface area contributed by atoms with E-state index in [9.17, 15) is 14.7 Å². The van der Waals surface area contributed by atoms with Gasteiger partial charge < -0.3 is 25.1 Å². The van der Waals surface area contributed by atoms with Gasteiger partial charge in [0.15, 0.2) is 0 Å². The molecular formula is C28H39ClN4O3. The minimum atomic E-state index is -0.295. The molecule has 0 radical (unpaired) electrons. The number of nitrogens with one attached hydrogen (secondary N) is 1. The Morgan fingerprint density at radius 3 is 2.47 bits per heavy atom. The molecule has 7 nitrogen and oxygen atoms in total. The van der Waals surface area contributed by atoms with E-state index in [2.05, 4.69) is 17.1 Å². The smallest absolute Gasteiger partial charge is 0.320 e. The molecule has 1 aromatic rings. The number of likely N-dealkylation sites (tertiary alicyclic amines) is 1. The van der Waals surface area contributed by atoms with E-state index in [1.54, 1.807) is 0 Å². The van der Waals surface area contributed by atoms with Gasteiger partial charge in [-0.25, -0.2) is 4.79 Å². The molecule has 3 atom stereocenters. The van der Waals surface area contributed by atoms with E-state index >= 15 is 0 Å². The van der Waals surface area contributed by atoms with Gasteiger partial charge in [-0.05, 0) is 87.3 Å². The number of halogens is 1. The van der Waals surface area contributed by atoms with Gasteiger partial charge in [0.25, 0.3) is 0 Å². The minimum absolute atomic E-state index is 0.0172. The van der Waals surface area contributed by atoms with Crippen molar-refractivity contribution in [2.45, 2.75) is 64.0 Å². The minimum Gasteiger partial charge on any atom is -0.393 e. The topological polar surface area (TPSA) is 76.1 Å². The van der Waals surface area contributed by atoms with E-state index < -0.39 is 0 Å². The maximum absolute atomic E-state index is 13.6. The van der Waals surface area contributed by atoms with Crippen LogP contribution in [0.25, 0.3) is 0 Å². The van der Waals surface area contributed by atoms with E-state index in [0.717, 1.165) is 75.3 Å². The van der Waals surface area contributed by atoms with Crippen molar-refractivity contribution in [3.8, 4) is 0 Å². The first-order valence-corrected chi connectivity index (χ1v) is 14.2. The zero-order chi connectivity index (χ0) is 25.0. The molecule has 4 bridgehead atoms. The number of carbonyl (C=O) groups excluding carboxylic acids is 2. The van der Waals surface area contributed by atoms with Crippen LogP contribution in [0.15, 0.2) is 18.2 Å². The maximum Gasteiger partial charge on any atom is 0.320 e. The fourth-order valence-corrected chi connectivity index (χ4v) is 8.31. The van der Waals surface area contributed by atoms with Crippen molar-refractivity contribution >= 4 is 29.2 Å². The Morgan fingerprint density at radius 1 is 1.03 bits per heavy atom. The SMILES string of the molecule is Cc1ccc(Cl)cc1N1CCN(C(=O)N2CCCC(NC(=O)C34CC5CC(C3)C(O)C(C5)C4)C2)CC1. The summed E-state index contributed by atoms with van der Waals surface area (Å²) in [6.07, 6.45) is 6.44. The van der Waals surface area contributed by atoms with Crippen LogP contribution < -0.4 is 10.2 Å². The van der Waals surface area contributed by atoms with Crippen LogP contribution in [0.5, 0.6) is 0 Å². The van der Waals surface area contributed by atoms with Gasteiger partial charge in [0.2, 0.25) is 5.91 Å². The lowest BCUT2D eigenvalue weighted by atomic mass is 9.48. The van der Waals surface area contributed by atoms with Crippen LogP contribution in [0.2, 0.25) is 5.02 Å². The van der Waals surface area contributed by atoms with Gasteiger partial charge in [0.05, 0.1) is 11.5 Å². The van der Waals surface area contributed by atoms with Crippen molar-refractivity contribution in [2.75, 3.05) is 44.2 Å². The summed E-state index contributed by atoms with van der Waals surface area (Å²) < 4.78 is 0. The summed E-state index contributed by atoms with van der Waals surface area (Å²) in [5, 5.41) is 14.7. The lowest BCUT2D eigenvalue weighted by Gasteiger charge is -2.58. The molecule has 2 saturated heterocycles. The van der Waals surface area contributed by atoms with Crippen LogP contribution in [0.1, 0.15) is 50.5 Å². The summed E-state index contributed by atoms with van der Waals surface area (Å²) >= 11 is 6.22. The highest BCUT2D eigenvalue weighted by Crippen LogP contribution is 2.60. The molecule has 3 amide bonds. The number of carbonyl (C=O) groups is 2. The number of nitrogens with zero attached hydrogens (tertiary/aromatic N) is 3. The average molecular weight is 515 g/mol. The highest BCUT2D eigenvalue weighted by molar-refractivity contribution is 6.30. The first-order chi connectivity index (χ1) is 17.3. The Morgan fingerprint density at radius 2 is 1.75 bits per heavy atom. The normalized spacial score (nSPS) is 35.8. The van der Waals surface area contributed by atoms with Gasteiger partial charge in [-0.3, -0.25) is 4.79 Å². The number of urea groups is 1. The third kappa shape index (κ3) is 4.36. The Labute approximate surface area is 219 Å². The van der Waals surface area contributed by atoms with Crippen molar-refractivity contribution in [1.29, 1.82) is 0 Å². The number of hydrogen-bond donors (Lipinski definition) is 2. The Hall–Kier alpha value is -1.99. The predicted molar refractivity (Wildman–Crippen MR) is 140 cm³/mol. The molecule has 7 rings (SSSR count). The van der Waals surface area contributed by atoms with E-state index in [1.165, 1.54) is 5.56 Å². The predicted octanol–water partition coefficient (Wildman–Crippen LogP) is 3.66. The summed E-state index contributed by atoms with van der Waals surface area (Å²) in [7, 11) is 0. The van der Waals surface area contributed by atoms with Gasteiger partial charge in [-0.1, -0.05) is 17.7 Å². The Balaban J connectivity index is 1.04. The van der Waals surface area contributed by atoms with Crippen molar-refractivity contribution in [2.24, 2.45) is 23.2 Å². The first-order valence-electron chi connectivity index (χ1n) is 13.9. The van der Waals surface area contributed by atoms with Gasteiger partial charge >= 0.3 is 6.03 Å². The number of aliphatic hydroxyl groups excluding tert-OH is 1. The number of aliphatic hydroxyl groups is 1. The number of rotatable bonds is 3. The zero-order valence-electron chi connectivity index (χ0n) is 21.3. The van der Waals surface area contributed by atoms with Crippen LogP contribution in [-0.4, -0.2) is 78.3 Å². The van der Waals surface area contributed by atoms with E-state index in [4.69, 9.17) is 11.6 Å². The summed E-state index contributed by atoms with van der Waals surface area (Å²) in [6, 6.07) is 6.08. The van der Waals surface area contributed by atoms with Crippen molar-refractivity contribution < 1.29 is 14.7 Å². The second-order valence-corrected chi connectivity index (χ2v) is 12.6. The number of hydrogen-bond acceptors (Lipinski definition) is 4. The third-order valence-corrected chi connectivity index (χ3v) is 10.0. The number of anilines is 1. The fourth-order valence-electron chi connectivity index (χ4n) is 8.14. The molecule has 2 heterocycles. The number of aryl methyl sites for hydroxylation is 1. The van der Waals surface area contributed by atoms with Crippen LogP contribution >= 0.6 is 11.6 Å². The number of amides is 3. The summed E-state index contributed by atoms with van der Waals surface area (Å²) in [4.78, 5) is 33.1. The highest BCUT2D eigenvalue weighted by Gasteiger charge is 2.58. The molecule has 3 unspecified atom stereocenters. The molecule has 4 aliphatic carbocycles. The molecule has 196 valence electrons. The molecule has 8 heteroatoms. The van der Waals surface area contributed by atoms with Gasteiger partial charge in [0, 0.05) is 56.0 Å². The lowest BCUT2D eigenvalue weighted by Crippen LogP contribution is -2.61. The standard InChI is InChI=1S/C28H39ClN4O3/c1-18-4-5-22(29)13-24(18)31-7-9-32(10-8-31)27(36)33-6-2-3-23(17-33)30-26(35)28-14-19-11-20(15-28)25(34)21(12-19)16-28/h4-5,13,19-21,23,25,34H,2-3,6-12,14-17H2,1H3,(H,30,35). The fraction of sp³-hybridized carbons (Fsp3) is 0.714. The second kappa shape index (κ2) is 9.39. The first kappa shape index (κ1) is 24.4. The number of benzene rings is 1. The molecular weight excluding hydrogens is 476 g/mol. The van der Waals surface area contributed by atoms with Gasteiger partial charge in [-0.2, -0.15) is 0 Å². The molecule has 2 N–H and O–H groups in total. The van der Waals surface area contributed by atoms with Crippen LogP contribution in [0, 0.1) is 30.1 Å². The molecule has 4 saturated carbocycles. The second-order valence-electron chi connectivity index (χ2n) is 12.2. The number of piperazine rings is 1. The third-order valence-electron chi connectivity index (χ3n) is 9.79. The quantitative estimate of drug-likeness (QED) is 0.645. The lowest BCUT2D eigenvalue weighted by molar-refractivity contribution is -0.163. The van der Waals surface area contributed by atoms with E-state index in [-0.39, 0.29) is 29.5 Å². The van der Waals surface area contributed by atoms with Crippen molar-refractivity contribution in [3.05, 3.63) is 28.8 Å². The summed E-state index contributed by atoms with van der Waals surface area (Å²) in [5.74, 6) is 1.36. The molecule has 1 aromatic carbocycles. The molecule has 6 aliphatic rings. The van der Waals surface area contributed by atoms with Gasteiger partial charge in [-0.15, -0.1) is 0 Å². The molecule has 6 fully saturated rings. The molecule has 0 aromatic heterocycles. The van der Waals surface area contributed by atoms with E-state index in [1.807, 2.05) is 28.0 Å². The van der Waals surface area contributed by atoms with E-state index in [0.29, 0.717) is 37.4 Å². The maximum atomic E-state index is 13.6. The van der Waals surface area contributed by atoms with Crippen LogP contribution in [-0.2, 0) is 4.79 Å². The number of piperidine rings is 1.